The van der Waals surface area contributed by atoms with Gasteiger partial charge in [-0.15, -0.1) is 0 Å². The maximum absolute atomic E-state index is 12.4. The van der Waals surface area contributed by atoms with Crippen LogP contribution < -0.4 is 4.74 Å². The maximum atomic E-state index is 12.4. The zero-order valence-corrected chi connectivity index (χ0v) is 17.2. The lowest BCUT2D eigenvalue weighted by atomic mass is 10.2. The number of halogens is 2. The summed E-state index contributed by atoms with van der Waals surface area (Å²) >= 11 is 7.28. The van der Waals surface area contributed by atoms with E-state index in [1.165, 1.54) is 26.4 Å². The molecular formula is C15H13Br2NO6S. The summed E-state index contributed by atoms with van der Waals surface area (Å²) in [5.74, 6) is -0.823. The minimum atomic E-state index is -0.561. The van der Waals surface area contributed by atoms with E-state index >= 15 is 0 Å². The minimum Gasteiger partial charge on any atom is -0.503 e. The van der Waals surface area contributed by atoms with E-state index in [1.54, 1.807) is 0 Å². The van der Waals surface area contributed by atoms with Crippen molar-refractivity contribution in [2.45, 2.75) is 0 Å². The molecule has 0 atom stereocenters. The van der Waals surface area contributed by atoms with Crippen molar-refractivity contribution in [1.29, 1.82) is 0 Å². The van der Waals surface area contributed by atoms with Crippen molar-refractivity contribution in [3.63, 3.8) is 0 Å². The Hall–Kier alpha value is -1.36. The molecule has 7 nitrogen and oxygen atoms in total. The molecule has 10 heteroatoms. The van der Waals surface area contributed by atoms with Crippen LogP contribution in [0.5, 0.6) is 11.5 Å². The molecule has 0 saturated carbocycles. The van der Waals surface area contributed by atoms with Gasteiger partial charge in [-0.25, -0.2) is 0 Å². The van der Waals surface area contributed by atoms with Crippen LogP contribution in [0.15, 0.2) is 19.9 Å². The summed E-state index contributed by atoms with van der Waals surface area (Å²) in [6, 6.07) is 1.52. The molecule has 25 heavy (non-hydrogen) atoms. The van der Waals surface area contributed by atoms with Gasteiger partial charge >= 0.3 is 0 Å². The average Bonchev–Trinajstić information content (AvgIpc) is 2.83. The Balaban J connectivity index is 2.34. The zero-order chi connectivity index (χ0) is 18.7. The molecule has 134 valence electrons. The van der Waals surface area contributed by atoms with E-state index < -0.39 is 11.1 Å². The van der Waals surface area contributed by atoms with Crippen LogP contribution >= 0.6 is 43.6 Å². The van der Waals surface area contributed by atoms with Crippen molar-refractivity contribution in [2.75, 3.05) is 27.4 Å². The van der Waals surface area contributed by atoms with Crippen LogP contribution in [-0.4, -0.2) is 54.3 Å². The molecule has 1 aliphatic heterocycles. The van der Waals surface area contributed by atoms with Crippen molar-refractivity contribution in [3.05, 3.63) is 25.5 Å². The number of hydrogen-bond acceptors (Lipinski definition) is 7. The van der Waals surface area contributed by atoms with E-state index in [1.807, 2.05) is 0 Å². The number of carbonyl (C=O) groups excluding carboxylic acids is 3. The first-order valence-corrected chi connectivity index (χ1v) is 9.21. The predicted molar refractivity (Wildman–Crippen MR) is 99.6 cm³/mol. The molecule has 0 unspecified atom stereocenters. The van der Waals surface area contributed by atoms with Gasteiger partial charge in [0.2, 0.25) is 0 Å². The first-order valence-electron chi connectivity index (χ1n) is 6.81. The standard InChI is InChI=1S/C15H13Br2NO6S/c1-23-6-8(19)5-18-14(21)10(25-15(18)22)4-7-3-9(24-2)13(20)12(17)11(7)16/h3-4,20H,5-6H2,1-2H3/b10-4+. The molecule has 1 N–H and O–H groups in total. The lowest BCUT2D eigenvalue weighted by Gasteiger charge is -2.11. The number of amides is 2. The number of rotatable bonds is 6. The molecular weight excluding hydrogens is 482 g/mol. The molecule has 1 fully saturated rings. The number of Topliss-reactive ketones (excluding diaryl/α,β-unsaturated/α-hetero) is 1. The fourth-order valence-corrected chi connectivity index (χ4v) is 3.70. The van der Waals surface area contributed by atoms with Gasteiger partial charge in [0.15, 0.2) is 17.3 Å². The van der Waals surface area contributed by atoms with Gasteiger partial charge in [0, 0.05) is 11.6 Å². The van der Waals surface area contributed by atoms with Gasteiger partial charge in [0.05, 0.1) is 23.0 Å². The second-order valence-electron chi connectivity index (χ2n) is 4.88. The lowest BCUT2D eigenvalue weighted by molar-refractivity contribution is -0.130. The van der Waals surface area contributed by atoms with Crippen molar-refractivity contribution in [2.24, 2.45) is 0 Å². The fraction of sp³-hybridized carbons (Fsp3) is 0.267. The Morgan fingerprint density at radius 3 is 2.60 bits per heavy atom. The third-order valence-electron chi connectivity index (χ3n) is 3.19. The average molecular weight is 495 g/mol. The predicted octanol–water partition coefficient (Wildman–Crippen LogP) is 3.18. The van der Waals surface area contributed by atoms with Crippen LogP contribution in [0.25, 0.3) is 6.08 Å². The van der Waals surface area contributed by atoms with Crippen molar-refractivity contribution >= 4 is 66.6 Å². The van der Waals surface area contributed by atoms with Gasteiger partial charge in [0.1, 0.15) is 6.61 Å². The number of hydrogen-bond donors (Lipinski definition) is 1. The van der Waals surface area contributed by atoms with E-state index in [2.05, 4.69) is 31.9 Å². The summed E-state index contributed by atoms with van der Waals surface area (Å²) in [6.45, 7) is -0.506. The Morgan fingerprint density at radius 2 is 2.00 bits per heavy atom. The van der Waals surface area contributed by atoms with Crippen molar-refractivity contribution in [1.82, 2.24) is 4.90 Å². The molecule has 1 aliphatic rings. The van der Waals surface area contributed by atoms with Crippen LogP contribution in [0.3, 0.4) is 0 Å². The number of aromatic hydroxyl groups is 1. The highest BCUT2D eigenvalue weighted by atomic mass is 79.9. The number of imide groups is 1. The van der Waals surface area contributed by atoms with Gasteiger partial charge in [-0.05, 0) is 61.3 Å². The van der Waals surface area contributed by atoms with Gasteiger partial charge in [-0.1, -0.05) is 0 Å². The third-order valence-corrected chi connectivity index (χ3v) is 6.26. The monoisotopic (exact) mass is 493 g/mol. The Labute approximate surface area is 164 Å². The van der Waals surface area contributed by atoms with Crippen molar-refractivity contribution in [3.8, 4) is 11.5 Å². The lowest BCUT2D eigenvalue weighted by Crippen LogP contribution is -2.35. The SMILES string of the molecule is COCC(=O)CN1C(=O)S/C(=C/c2cc(OC)c(O)c(Br)c2Br)C1=O. The Kier molecular flexibility index (Phi) is 6.66. The van der Waals surface area contributed by atoms with E-state index in [0.29, 0.717) is 14.5 Å². The topological polar surface area (TPSA) is 93.1 Å². The molecule has 1 saturated heterocycles. The molecule has 0 spiro atoms. The van der Waals surface area contributed by atoms with Crippen LogP contribution in [0.1, 0.15) is 5.56 Å². The van der Waals surface area contributed by atoms with Gasteiger partial charge < -0.3 is 14.6 Å². The molecule has 0 bridgehead atoms. The number of thioether (sulfide) groups is 1. The number of benzene rings is 1. The second kappa shape index (κ2) is 8.35. The molecule has 2 amide bonds. The van der Waals surface area contributed by atoms with E-state index in [4.69, 9.17) is 9.47 Å². The molecule has 0 aliphatic carbocycles. The van der Waals surface area contributed by atoms with Gasteiger partial charge in [-0.3, -0.25) is 19.3 Å². The normalized spacial score (nSPS) is 16.0. The molecule has 0 radical (unpaired) electrons. The first kappa shape index (κ1) is 20.0. The highest BCUT2D eigenvalue weighted by Crippen LogP contribution is 2.43. The molecule has 1 aromatic rings. The number of ether oxygens (including phenoxy) is 2. The van der Waals surface area contributed by atoms with E-state index in [-0.39, 0.29) is 35.3 Å². The second-order valence-corrected chi connectivity index (χ2v) is 7.46. The fourth-order valence-electron chi connectivity index (χ4n) is 2.03. The van der Waals surface area contributed by atoms with E-state index in [9.17, 15) is 19.5 Å². The zero-order valence-electron chi connectivity index (χ0n) is 13.2. The molecule has 1 heterocycles. The number of ketones is 1. The number of methoxy groups -OCH3 is 2. The number of nitrogens with zero attached hydrogens (tertiary/aromatic N) is 1. The quantitative estimate of drug-likeness (QED) is 0.607. The van der Waals surface area contributed by atoms with Crippen LogP contribution in [0, 0.1) is 0 Å². The molecule has 0 aromatic heterocycles. The van der Waals surface area contributed by atoms with Crippen LogP contribution in [-0.2, 0) is 14.3 Å². The summed E-state index contributed by atoms with van der Waals surface area (Å²) < 4.78 is 10.6. The minimum absolute atomic E-state index is 0.0928. The third kappa shape index (κ3) is 4.25. The highest BCUT2D eigenvalue weighted by molar-refractivity contribution is 9.13. The number of carbonyl (C=O) groups is 3. The summed E-state index contributed by atoms with van der Waals surface area (Å²) in [7, 11) is 2.76. The summed E-state index contributed by atoms with van der Waals surface area (Å²) in [4.78, 5) is 37.0. The maximum Gasteiger partial charge on any atom is 0.293 e. The van der Waals surface area contributed by atoms with Crippen LogP contribution in [0.4, 0.5) is 4.79 Å². The number of phenolic OH excluding ortho intramolecular Hbond substituents is 1. The van der Waals surface area contributed by atoms with Gasteiger partial charge in [-0.2, -0.15) is 0 Å². The Bertz CT molecular complexity index is 780. The van der Waals surface area contributed by atoms with Gasteiger partial charge in [0.25, 0.3) is 11.1 Å². The molecule has 2 rings (SSSR count). The van der Waals surface area contributed by atoms with Crippen molar-refractivity contribution < 1.29 is 29.0 Å². The first-order chi connectivity index (χ1) is 11.8. The van der Waals surface area contributed by atoms with Crippen LogP contribution in [0.2, 0.25) is 0 Å². The summed E-state index contributed by atoms with van der Waals surface area (Å²) in [6.07, 6.45) is 1.49. The largest absolute Gasteiger partial charge is 0.503 e. The molecule has 1 aromatic carbocycles. The summed E-state index contributed by atoms with van der Waals surface area (Å²) in [5, 5.41) is 9.42. The summed E-state index contributed by atoms with van der Waals surface area (Å²) in [5.41, 5.74) is 0.523. The van der Waals surface area contributed by atoms with E-state index in [0.717, 1.165) is 16.7 Å². The Morgan fingerprint density at radius 1 is 1.32 bits per heavy atom. The number of phenols is 1. The highest BCUT2D eigenvalue weighted by Gasteiger charge is 2.36. The smallest absolute Gasteiger partial charge is 0.293 e.